The number of fused-ring (bicyclic) bond motifs is 1. The van der Waals surface area contributed by atoms with E-state index in [1.165, 1.54) is 78.2 Å². The van der Waals surface area contributed by atoms with Crippen LogP contribution in [0.3, 0.4) is 0 Å². The number of hydrogen-bond donors (Lipinski definition) is 1. The van der Waals surface area contributed by atoms with E-state index in [1.807, 2.05) is 24.3 Å². The fourth-order valence-corrected chi connectivity index (χ4v) is 5.83. The summed E-state index contributed by atoms with van der Waals surface area (Å²) in [7, 11) is 0. The smallest absolute Gasteiger partial charge is 0.343 e. The maximum absolute atomic E-state index is 13.7. The summed E-state index contributed by atoms with van der Waals surface area (Å²) in [5, 5.41) is 4.71. The van der Waals surface area contributed by atoms with E-state index in [2.05, 4.69) is 46.6 Å². The van der Waals surface area contributed by atoms with Crippen LogP contribution in [0.15, 0.2) is 141 Å². The maximum atomic E-state index is 13.7. The molecule has 68 heavy (non-hydrogen) atoms. The number of hydrogen-bond acceptors (Lipinski definition) is 21. The third-order valence-electron chi connectivity index (χ3n) is 8.20. The molecule has 0 fully saturated rings. The largest absolute Gasteiger partial charge is 0.457 e. The summed E-state index contributed by atoms with van der Waals surface area (Å²) < 4.78 is 53.0. The molecule has 5 aromatic rings. The lowest BCUT2D eigenvalue weighted by Gasteiger charge is -2.14. The minimum atomic E-state index is -0.914. The van der Waals surface area contributed by atoms with Gasteiger partial charge in [0.25, 0.3) is 0 Å². The van der Waals surface area contributed by atoms with Gasteiger partial charge < -0.3 is 47.4 Å². The Morgan fingerprint density at radius 2 is 1.10 bits per heavy atom. The topological polar surface area (TPSA) is 249 Å². The first-order chi connectivity index (χ1) is 32.9. The molecule has 0 bridgehead atoms. The highest BCUT2D eigenvalue weighted by molar-refractivity contribution is 7.22. The summed E-state index contributed by atoms with van der Waals surface area (Å²) in [6, 6.07) is 19.3. The highest BCUT2D eigenvalue weighted by atomic mass is 32.1. The van der Waals surface area contributed by atoms with E-state index in [-0.39, 0.29) is 51.0 Å². The van der Waals surface area contributed by atoms with Gasteiger partial charge in [-0.3, -0.25) is 5.43 Å². The number of rotatable bonds is 24. The van der Waals surface area contributed by atoms with Crippen molar-refractivity contribution in [1.82, 2.24) is 4.98 Å². The molecule has 0 radical (unpaired) electrons. The molecular weight excluding hydrogens is 911 g/mol. The Bertz CT molecular complexity index is 2780. The van der Waals surface area contributed by atoms with Crippen molar-refractivity contribution in [2.24, 2.45) is 5.10 Å². The first-order valence-corrected chi connectivity index (χ1v) is 20.1. The van der Waals surface area contributed by atoms with Crippen molar-refractivity contribution in [3.05, 3.63) is 158 Å². The zero-order valence-electron chi connectivity index (χ0n) is 35.4. The van der Waals surface area contributed by atoms with Gasteiger partial charge in [-0.25, -0.2) is 38.5 Å². The molecule has 0 aliphatic rings. The highest BCUT2D eigenvalue weighted by Crippen LogP contribution is 2.31. The first-order valence-electron chi connectivity index (χ1n) is 19.3. The average Bonchev–Trinajstić information content (AvgIpc) is 3.77. The zero-order valence-corrected chi connectivity index (χ0v) is 36.3. The number of esters is 7. The lowest BCUT2D eigenvalue weighted by molar-refractivity contribution is -0.160. The van der Waals surface area contributed by atoms with Crippen LogP contribution in [0.2, 0.25) is 0 Å². The Balaban J connectivity index is 1.40. The third kappa shape index (κ3) is 15.1. The minimum Gasteiger partial charge on any atom is -0.457 e. The van der Waals surface area contributed by atoms with Gasteiger partial charge in [0.2, 0.25) is 32.3 Å². The van der Waals surface area contributed by atoms with Gasteiger partial charge in [-0.1, -0.05) is 55.9 Å². The Hall–Kier alpha value is -9.37. The maximum Gasteiger partial charge on any atom is 0.343 e. The SMILES string of the molecule is C=CC(=O)OCOC(=O)/C=C/c1ccc(C(=O)Oc2ccc(OC(=O)c3ccc(OCOC(=O)C=C)c(OCOC(=O)C=C)c3)cc2/C=N/Nc2nc3ccccc3s2)cc1OCOC(=O)C=C. The summed E-state index contributed by atoms with van der Waals surface area (Å²) in [6.07, 6.45) is 7.21. The molecule has 348 valence electrons. The van der Waals surface area contributed by atoms with Crippen LogP contribution in [0.25, 0.3) is 16.3 Å². The van der Waals surface area contributed by atoms with E-state index in [9.17, 15) is 33.6 Å². The quantitative estimate of drug-likeness (QED) is 0.0130. The standard InChI is InChI=1S/C47H37N3O17S/c1-5-40(51)61-25-58-36-18-15-31(23-38(36)60-27-63-42(53)7-3)45(56)66-33-17-19-35(32(21-33)24-48-50-47-49-34-11-9-10-12-39(34)68-47)67-46(57)30-14-13-29(37(22-30)59-26-62-41(52)6-2)16-20-44(55)65-28-64-43(54)8-4/h5-24H,1-4,25-28H2,(H,49,50)/b20-16+,48-24+. The molecule has 0 aliphatic carbocycles. The van der Waals surface area contributed by atoms with Gasteiger partial charge in [-0.15, -0.1) is 0 Å². The number of carbonyl (C=O) groups is 7. The number of thiazole rings is 1. The Morgan fingerprint density at radius 1 is 0.559 bits per heavy atom. The van der Waals surface area contributed by atoms with Gasteiger partial charge in [0.05, 0.1) is 27.6 Å². The van der Waals surface area contributed by atoms with Gasteiger partial charge >= 0.3 is 41.8 Å². The number of para-hydroxylation sites is 1. The summed E-state index contributed by atoms with van der Waals surface area (Å²) in [5.74, 6) is -6.08. The molecule has 21 heteroatoms. The Labute approximate surface area is 389 Å². The first kappa shape index (κ1) is 49.6. The van der Waals surface area contributed by atoms with Crippen molar-refractivity contribution in [2.75, 3.05) is 32.6 Å². The second kappa shape index (κ2) is 25.2. The second-order valence-corrected chi connectivity index (χ2v) is 13.7. The minimum absolute atomic E-state index is 0.00433. The molecule has 4 aromatic carbocycles. The van der Waals surface area contributed by atoms with E-state index < -0.39 is 69.0 Å². The Morgan fingerprint density at radius 3 is 1.75 bits per heavy atom. The molecule has 0 spiro atoms. The molecule has 20 nitrogen and oxygen atoms in total. The van der Waals surface area contributed by atoms with Crippen LogP contribution in [-0.2, 0) is 47.7 Å². The van der Waals surface area contributed by atoms with Gasteiger partial charge in [0.15, 0.2) is 11.5 Å². The van der Waals surface area contributed by atoms with Crippen molar-refractivity contribution in [3.63, 3.8) is 0 Å². The lowest BCUT2D eigenvalue weighted by Crippen LogP contribution is -2.13. The van der Waals surface area contributed by atoms with Crippen LogP contribution in [0.1, 0.15) is 31.8 Å². The third-order valence-corrected chi connectivity index (χ3v) is 9.14. The van der Waals surface area contributed by atoms with Crippen molar-refractivity contribution < 1.29 is 80.9 Å². The molecular formula is C47H37N3O17S. The van der Waals surface area contributed by atoms with Gasteiger partial charge in [-0.2, -0.15) is 5.10 Å². The number of aromatic nitrogens is 1. The van der Waals surface area contributed by atoms with Crippen LogP contribution in [0.4, 0.5) is 5.13 Å². The number of anilines is 1. The number of nitrogens with zero attached hydrogens (tertiary/aromatic N) is 2. The van der Waals surface area contributed by atoms with Gasteiger partial charge in [0.1, 0.15) is 17.2 Å². The number of hydrazone groups is 1. The zero-order chi connectivity index (χ0) is 48.8. The van der Waals surface area contributed by atoms with Gasteiger partial charge in [0, 0.05) is 41.5 Å². The van der Waals surface area contributed by atoms with Crippen molar-refractivity contribution in [3.8, 4) is 28.7 Å². The predicted octanol–water partition coefficient (Wildman–Crippen LogP) is 6.62. The molecule has 1 aromatic heterocycles. The molecule has 0 saturated heterocycles. The van der Waals surface area contributed by atoms with E-state index >= 15 is 0 Å². The fourth-order valence-electron chi connectivity index (χ4n) is 5.02. The summed E-state index contributed by atoms with van der Waals surface area (Å²) >= 11 is 1.33. The molecule has 0 aliphatic heterocycles. The van der Waals surface area contributed by atoms with E-state index in [0.717, 1.165) is 40.6 Å². The van der Waals surface area contributed by atoms with Gasteiger partial charge in [-0.05, 0) is 66.7 Å². The van der Waals surface area contributed by atoms with Crippen molar-refractivity contribution in [1.29, 1.82) is 0 Å². The molecule has 0 amide bonds. The summed E-state index contributed by atoms with van der Waals surface area (Å²) in [6.45, 7) is 10.7. The molecule has 1 heterocycles. The summed E-state index contributed by atoms with van der Waals surface area (Å²) in [5.41, 5.74) is 3.80. The fraction of sp³-hybridized carbons (Fsp3) is 0.0851. The van der Waals surface area contributed by atoms with Crippen LogP contribution in [-0.4, -0.2) is 80.2 Å². The highest BCUT2D eigenvalue weighted by Gasteiger charge is 2.19. The monoisotopic (exact) mass is 947 g/mol. The second-order valence-electron chi connectivity index (χ2n) is 12.6. The van der Waals surface area contributed by atoms with Crippen LogP contribution in [0, 0.1) is 0 Å². The van der Waals surface area contributed by atoms with E-state index in [4.69, 9.17) is 42.6 Å². The molecule has 0 atom stereocenters. The van der Waals surface area contributed by atoms with Crippen LogP contribution < -0.4 is 29.1 Å². The van der Waals surface area contributed by atoms with E-state index in [0.29, 0.717) is 5.13 Å². The number of benzene rings is 4. The number of ether oxygens (including phenoxy) is 10. The molecule has 1 N–H and O–H groups in total. The van der Waals surface area contributed by atoms with Crippen LogP contribution >= 0.6 is 11.3 Å². The Kier molecular flexibility index (Phi) is 18.4. The van der Waals surface area contributed by atoms with Crippen LogP contribution in [0.5, 0.6) is 28.7 Å². The lowest BCUT2D eigenvalue weighted by atomic mass is 10.1. The predicted molar refractivity (Wildman–Crippen MR) is 242 cm³/mol. The van der Waals surface area contributed by atoms with E-state index in [1.54, 1.807) is 0 Å². The van der Waals surface area contributed by atoms with Crippen molar-refractivity contribution in [2.45, 2.75) is 0 Å². The van der Waals surface area contributed by atoms with Crippen molar-refractivity contribution >= 4 is 80.8 Å². The normalized spacial score (nSPS) is 10.5. The molecule has 0 saturated carbocycles. The molecule has 5 rings (SSSR count). The number of nitrogens with one attached hydrogen (secondary N) is 1. The average molecular weight is 948 g/mol. The number of carbonyl (C=O) groups excluding carboxylic acids is 7. The summed E-state index contributed by atoms with van der Waals surface area (Å²) in [4.78, 5) is 90.0. The molecule has 0 unspecified atom stereocenters.